The predicted octanol–water partition coefficient (Wildman–Crippen LogP) is 3.65. The van der Waals surface area contributed by atoms with Gasteiger partial charge in [0, 0.05) is 6.04 Å². The average molecular weight is 218 g/mol. The predicted molar refractivity (Wildman–Crippen MR) is 63.8 cm³/mol. The minimum absolute atomic E-state index is 0. The maximum absolute atomic E-state index is 6.02. The Morgan fingerprint density at radius 1 is 0.786 bits per heavy atom. The molecular formula is C12H24ClN. The summed E-state index contributed by atoms with van der Waals surface area (Å²) in [5, 5.41) is 0. The van der Waals surface area contributed by atoms with Gasteiger partial charge >= 0.3 is 0 Å². The van der Waals surface area contributed by atoms with Gasteiger partial charge in [0.2, 0.25) is 0 Å². The number of halogens is 1. The molecule has 2 saturated carbocycles. The summed E-state index contributed by atoms with van der Waals surface area (Å²) >= 11 is 0. The SMILES string of the molecule is Cl.NC1CCCC2(CCCCC2)CC1. The van der Waals surface area contributed by atoms with Gasteiger partial charge in [-0.05, 0) is 43.9 Å². The summed E-state index contributed by atoms with van der Waals surface area (Å²) in [5.41, 5.74) is 6.77. The van der Waals surface area contributed by atoms with Crippen molar-refractivity contribution in [2.75, 3.05) is 0 Å². The van der Waals surface area contributed by atoms with E-state index in [1.54, 1.807) is 0 Å². The molecule has 2 heteroatoms. The van der Waals surface area contributed by atoms with E-state index in [0.717, 1.165) is 5.41 Å². The third-order valence-electron chi connectivity index (χ3n) is 4.24. The third kappa shape index (κ3) is 2.87. The molecule has 0 heterocycles. The second-order valence-corrected chi connectivity index (χ2v) is 5.25. The van der Waals surface area contributed by atoms with E-state index in [9.17, 15) is 0 Å². The molecule has 1 unspecified atom stereocenters. The van der Waals surface area contributed by atoms with Crippen LogP contribution in [0.25, 0.3) is 0 Å². The van der Waals surface area contributed by atoms with Crippen LogP contribution in [0.1, 0.15) is 64.2 Å². The molecule has 1 nitrogen and oxygen atoms in total. The maximum Gasteiger partial charge on any atom is 0.00390 e. The minimum Gasteiger partial charge on any atom is -0.328 e. The zero-order valence-corrected chi connectivity index (χ0v) is 9.95. The van der Waals surface area contributed by atoms with E-state index >= 15 is 0 Å². The molecule has 0 saturated heterocycles. The van der Waals surface area contributed by atoms with E-state index < -0.39 is 0 Å². The number of hydrogen-bond donors (Lipinski definition) is 1. The third-order valence-corrected chi connectivity index (χ3v) is 4.24. The first-order valence-electron chi connectivity index (χ1n) is 6.06. The molecule has 0 bridgehead atoms. The Morgan fingerprint density at radius 2 is 1.43 bits per heavy atom. The summed E-state index contributed by atoms with van der Waals surface area (Å²) in [6.07, 6.45) is 14.3. The number of hydrogen-bond acceptors (Lipinski definition) is 1. The van der Waals surface area contributed by atoms with Crippen molar-refractivity contribution >= 4 is 12.4 Å². The van der Waals surface area contributed by atoms with Crippen LogP contribution in [0.3, 0.4) is 0 Å². The van der Waals surface area contributed by atoms with Crippen LogP contribution in [-0.4, -0.2) is 6.04 Å². The van der Waals surface area contributed by atoms with E-state index in [-0.39, 0.29) is 12.4 Å². The van der Waals surface area contributed by atoms with Crippen LogP contribution in [0.2, 0.25) is 0 Å². The van der Waals surface area contributed by atoms with Gasteiger partial charge in [-0.2, -0.15) is 0 Å². The summed E-state index contributed by atoms with van der Waals surface area (Å²) in [5.74, 6) is 0. The molecule has 2 rings (SSSR count). The highest BCUT2D eigenvalue weighted by Crippen LogP contribution is 2.46. The highest BCUT2D eigenvalue weighted by atomic mass is 35.5. The smallest absolute Gasteiger partial charge is 0.00390 e. The summed E-state index contributed by atoms with van der Waals surface area (Å²) in [4.78, 5) is 0. The molecule has 2 aliphatic rings. The molecule has 1 atom stereocenters. The van der Waals surface area contributed by atoms with E-state index in [0.29, 0.717) is 6.04 Å². The zero-order valence-electron chi connectivity index (χ0n) is 9.13. The molecule has 0 aromatic carbocycles. The van der Waals surface area contributed by atoms with Crippen LogP contribution < -0.4 is 5.73 Å². The second kappa shape index (κ2) is 5.37. The molecular weight excluding hydrogens is 194 g/mol. The molecule has 0 aliphatic heterocycles. The highest BCUT2D eigenvalue weighted by Gasteiger charge is 2.33. The largest absolute Gasteiger partial charge is 0.328 e. The molecule has 0 radical (unpaired) electrons. The summed E-state index contributed by atoms with van der Waals surface area (Å²) in [6.45, 7) is 0. The Hall–Kier alpha value is 0.250. The monoisotopic (exact) mass is 217 g/mol. The Kier molecular flexibility index (Phi) is 4.72. The first-order valence-corrected chi connectivity index (χ1v) is 6.06. The van der Waals surface area contributed by atoms with Crippen molar-refractivity contribution in [3.05, 3.63) is 0 Å². The molecule has 0 amide bonds. The van der Waals surface area contributed by atoms with Gasteiger partial charge in [0.15, 0.2) is 0 Å². The van der Waals surface area contributed by atoms with Crippen LogP contribution in [0.5, 0.6) is 0 Å². The zero-order chi connectivity index (χ0) is 9.15. The van der Waals surface area contributed by atoms with Gasteiger partial charge in [0.1, 0.15) is 0 Å². The Labute approximate surface area is 94.2 Å². The standard InChI is InChI=1S/C12H23N.ClH/c13-11-5-4-9-12(10-6-11)7-2-1-3-8-12;/h11H,1-10,13H2;1H. The van der Waals surface area contributed by atoms with Gasteiger partial charge in [-0.1, -0.05) is 25.7 Å². The molecule has 0 aromatic rings. The van der Waals surface area contributed by atoms with Crippen LogP contribution >= 0.6 is 12.4 Å². The lowest BCUT2D eigenvalue weighted by molar-refractivity contribution is 0.160. The normalized spacial score (nSPS) is 31.9. The van der Waals surface area contributed by atoms with Gasteiger partial charge in [0.05, 0.1) is 0 Å². The molecule has 2 N–H and O–H groups in total. The highest BCUT2D eigenvalue weighted by molar-refractivity contribution is 5.85. The lowest BCUT2D eigenvalue weighted by atomic mass is 9.69. The Bertz CT molecular complexity index is 164. The van der Waals surface area contributed by atoms with E-state index in [2.05, 4.69) is 0 Å². The lowest BCUT2D eigenvalue weighted by Crippen LogP contribution is -2.24. The second-order valence-electron chi connectivity index (χ2n) is 5.25. The van der Waals surface area contributed by atoms with Crippen molar-refractivity contribution in [3.63, 3.8) is 0 Å². The van der Waals surface area contributed by atoms with E-state index in [1.807, 2.05) is 0 Å². The molecule has 1 spiro atoms. The van der Waals surface area contributed by atoms with Crippen molar-refractivity contribution in [2.45, 2.75) is 70.3 Å². The molecule has 84 valence electrons. The van der Waals surface area contributed by atoms with Gasteiger partial charge in [-0.25, -0.2) is 0 Å². The average Bonchev–Trinajstić information content (AvgIpc) is 2.32. The van der Waals surface area contributed by atoms with E-state index in [4.69, 9.17) is 5.73 Å². The number of rotatable bonds is 0. The first kappa shape index (κ1) is 12.3. The minimum atomic E-state index is 0. The summed E-state index contributed by atoms with van der Waals surface area (Å²) in [6, 6.07) is 0.515. The van der Waals surface area contributed by atoms with Gasteiger partial charge in [0.25, 0.3) is 0 Å². The topological polar surface area (TPSA) is 26.0 Å². The lowest BCUT2D eigenvalue weighted by Gasteiger charge is -2.36. The quantitative estimate of drug-likeness (QED) is 0.659. The van der Waals surface area contributed by atoms with E-state index in [1.165, 1.54) is 64.2 Å². The van der Waals surface area contributed by atoms with Crippen molar-refractivity contribution in [3.8, 4) is 0 Å². The fourth-order valence-electron chi connectivity index (χ4n) is 3.30. The van der Waals surface area contributed by atoms with Gasteiger partial charge < -0.3 is 5.73 Å². The molecule has 0 aromatic heterocycles. The Morgan fingerprint density at radius 3 is 2.14 bits per heavy atom. The van der Waals surface area contributed by atoms with Gasteiger partial charge in [-0.15, -0.1) is 12.4 Å². The number of nitrogens with two attached hydrogens (primary N) is 1. The van der Waals surface area contributed by atoms with Crippen LogP contribution in [-0.2, 0) is 0 Å². The van der Waals surface area contributed by atoms with Crippen LogP contribution in [0, 0.1) is 5.41 Å². The fraction of sp³-hybridized carbons (Fsp3) is 1.00. The van der Waals surface area contributed by atoms with Gasteiger partial charge in [-0.3, -0.25) is 0 Å². The maximum atomic E-state index is 6.02. The van der Waals surface area contributed by atoms with Crippen molar-refractivity contribution in [2.24, 2.45) is 11.1 Å². The van der Waals surface area contributed by atoms with Crippen molar-refractivity contribution in [1.82, 2.24) is 0 Å². The molecule has 14 heavy (non-hydrogen) atoms. The first-order chi connectivity index (χ1) is 6.31. The summed E-state index contributed by atoms with van der Waals surface area (Å²) in [7, 11) is 0. The molecule has 2 aliphatic carbocycles. The van der Waals surface area contributed by atoms with Crippen LogP contribution in [0.4, 0.5) is 0 Å². The molecule has 2 fully saturated rings. The van der Waals surface area contributed by atoms with Crippen molar-refractivity contribution in [1.29, 1.82) is 0 Å². The van der Waals surface area contributed by atoms with Crippen LogP contribution in [0.15, 0.2) is 0 Å². The fourth-order valence-corrected chi connectivity index (χ4v) is 3.30. The Balaban J connectivity index is 0.000000980. The summed E-state index contributed by atoms with van der Waals surface area (Å²) < 4.78 is 0. The van der Waals surface area contributed by atoms with Crippen molar-refractivity contribution < 1.29 is 0 Å².